The number of primary amides is 1. The Balaban J connectivity index is 1.51. The molecule has 0 saturated carbocycles. The minimum atomic E-state index is -4.83. The molecule has 4 rings (SSSR count). The van der Waals surface area contributed by atoms with Crippen LogP contribution in [0.4, 0.5) is 29.5 Å². The first-order valence-corrected chi connectivity index (χ1v) is 13.4. The van der Waals surface area contributed by atoms with Crippen LogP contribution in [0.5, 0.6) is 0 Å². The number of nitrogens with zero attached hydrogens (tertiary/aromatic N) is 4. The lowest BCUT2D eigenvalue weighted by atomic mass is 10.0. The number of carbonyl (C=O) groups is 5. The van der Waals surface area contributed by atoms with Crippen molar-refractivity contribution in [2.45, 2.75) is 25.4 Å². The average molecular weight is 643 g/mol. The van der Waals surface area contributed by atoms with Crippen LogP contribution in [0, 0.1) is 0 Å². The van der Waals surface area contributed by atoms with Crippen molar-refractivity contribution in [3.05, 3.63) is 65.8 Å². The quantitative estimate of drug-likeness (QED) is 0.105. The van der Waals surface area contributed by atoms with Gasteiger partial charge in [-0.1, -0.05) is 6.07 Å². The van der Waals surface area contributed by atoms with E-state index in [9.17, 15) is 42.3 Å². The number of carboxylic acid groups (broad SMARTS) is 1. The molecule has 1 aromatic carbocycles. The Labute approximate surface area is 257 Å². The molecule has 15 nitrogen and oxygen atoms in total. The van der Waals surface area contributed by atoms with Gasteiger partial charge in [0.15, 0.2) is 5.69 Å². The van der Waals surface area contributed by atoms with E-state index < -0.39 is 42.4 Å². The number of carbonyl (C=O) groups excluding carboxylic acids is 4. The Morgan fingerprint density at radius 3 is 2.54 bits per heavy atom. The normalized spacial score (nSPS) is 11.1. The fourth-order valence-electron chi connectivity index (χ4n) is 4.17. The lowest BCUT2D eigenvalue weighted by molar-refractivity contribution is -0.119. The van der Waals surface area contributed by atoms with Crippen molar-refractivity contribution in [1.82, 2.24) is 25.5 Å². The zero-order valence-electron chi connectivity index (χ0n) is 23.6. The van der Waals surface area contributed by atoms with E-state index in [1.807, 2.05) is 0 Å². The summed E-state index contributed by atoms with van der Waals surface area (Å²) in [5.41, 5.74) is 5.99. The van der Waals surface area contributed by atoms with E-state index in [1.54, 1.807) is 0 Å². The average Bonchev–Trinajstić information content (AvgIpc) is 3.69. The van der Waals surface area contributed by atoms with Gasteiger partial charge in [0.05, 0.1) is 28.7 Å². The largest absolute Gasteiger partial charge is 0.465 e. The molecule has 6 N–H and O–H groups in total. The van der Waals surface area contributed by atoms with Gasteiger partial charge in [-0.2, -0.15) is 18.3 Å². The van der Waals surface area contributed by atoms with Crippen molar-refractivity contribution in [3.63, 3.8) is 0 Å². The predicted octanol–water partition coefficient (Wildman–Crippen LogP) is 3.62. The van der Waals surface area contributed by atoms with Crippen LogP contribution < -0.4 is 21.3 Å². The fraction of sp³-hybridized carbons (Fsp3) is 0.214. The molecule has 4 amide bonds. The molecule has 3 aromatic heterocycles. The smallest absolute Gasteiger partial charge is 0.413 e. The molecule has 3 heterocycles. The van der Waals surface area contributed by atoms with Gasteiger partial charge in [0.2, 0.25) is 11.8 Å². The summed E-state index contributed by atoms with van der Waals surface area (Å²) in [6.45, 7) is -1.51. The lowest BCUT2D eigenvalue weighted by Gasteiger charge is -2.19. The van der Waals surface area contributed by atoms with Gasteiger partial charge in [-0.3, -0.25) is 24.4 Å². The number of benzene rings is 1. The number of unbranched alkanes of at least 4 members (excludes halogenated alkanes) is 2. The Kier molecular flexibility index (Phi) is 10.1. The number of halogens is 3. The predicted molar refractivity (Wildman–Crippen MR) is 154 cm³/mol. The van der Waals surface area contributed by atoms with Gasteiger partial charge in [0.1, 0.15) is 24.9 Å². The van der Waals surface area contributed by atoms with E-state index in [4.69, 9.17) is 10.2 Å². The van der Waals surface area contributed by atoms with Gasteiger partial charge in [-0.15, -0.1) is 0 Å². The third-order valence-corrected chi connectivity index (χ3v) is 6.31. The van der Waals surface area contributed by atoms with Crippen LogP contribution in [-0.2, 0) is 4.79 Å². The molecule has 0 aliphatic heterocycles. The number of nitrogens with two attached hydrogens (primary N) is 1. The van der Waals surface area contributed by atoms with Crippen LogP contribution in [-0.4, -0.2) is 74.6 Å². The molecule has 46 heavy (non-hydrogen) atoms. The SMILES string of the molecule is NC(=O)c1cc(-c2[nH]ncc2NC(=O)c2coc(-c3ccnc(N(CC(F)(F)F)C(=O)O)c3)n2)ccc1C(=O)NCCCCC=O. The van der Waals surface area contributed by atoms with Crippen molar-refractivity contribution < 1.29 is 46.7 Å². The topological polar surface area (TPSA) is 226 Å². The van der Waals surface area contributed by atoms with E-state index in [0.29, 0.717) is 24.8 Å². The van der Waals surface area contributed by atoms with Crippen molar-refractivity contribution in [2.75, 3.05) is 23.3 Å². The molecule has 0 bridgehead atoms. The molecule has 0 saturated heterocycles. The van der Waals surface area contributed by atoms with Gasteiger partial charge < -0.3 is 30.7 Å². The number of aromatic amines is 1. The molecule has 0 fully saturated rings. The molecule has 4 aromatic rings. The van der Waals surface area contributed by atoms with Gasteiger partial charge in [-0.25, -0.2) is 14.8 Å². The van der Waals surface area contributed by atoms with Crippen LogP contribution in [0.2, 0.25) is 0 Å². The maximum absolute atomic E-state index is 13.0. The van der Waals surface area contributed by atoms with E-state index in [1.165, 1.54) is 30.5 Å². The number of nitrogens with one attached hydrogen (secondary N) is 3. The second kappa shape index (κ2) is 14.1. The fourth-order valence-corrected chi connectivity index (χ4v) is 4.17. The highest BCUT2D eigenvalue weighted by Gasteiger charge is 2.34. The molecule has 0 aliphatic rings. The number of aldehydes is 1. The molecule has 0 aliphatic carbocycles. The van der Waals surface area contributed by atoms with Crippen LogP contribution in [0.1, 0.15) is 50.5 Å². The number of rotatable bonds is 13. The summed E-state index contributed by atoms with van der Waals surface area (Å²) < 4.78 is 43.9. The summed E-state index contributed by atoms with van der Waals surface area (Å²) in [7, 11) is 0. The van der Waals surface area contributed by atoms with Gasteiger partial charge >= 0.3 is 12.3 Å². The first kappa shape index (κ1) is 32.8. The second-order valence-electron chi connectivity index (χ2n) is 9.58. The lowest BCUT2D eigenvalue weighted by Crippen LogP contribution is -2.38. The number of pyridine rings is 1. The van der Waals surface area contributed by atoms with Crippen LogP contribution in [0.25, 0.3) is 22.7 Å². The molecular formula is C28H25F3N8O7. The van der Waals surface area contributed by atoms with Crippen molar-refractivity contribution in [1.29, 1.82) is 0 Å². The Morgan fingerprint density at radius 2 is 1.85 bits per heavy atom. The van der Waals surface area contributed by atoms with E-state index in [0.717, 1.165) is 24.8 Å². The zero-order chi connectivity index (χ0) is 33.4. The summed E-state index contributed by atoms with van der Waals surface area (Å²) in [6.07, 6.45) is -1.09. The Bertz CT molecular complexity index is 1770. The number of amides is 4. The van der Waals surface area contributed by atoms with E-state index >= 15 is 0 Å². The third kappa shape index (κ3) is 8.10. The maximum Gasteiger partial charge on any atom is 0.413 e. The van der Waals surface area contributed by atoms with Crippen LogP contribution >= 0.6 is 0 Å². The molecule has 0 unspecified atom stereocenters. The Morgan fingerprint density at radius 1 is 1.07 bits per heavy atom. The summed E-state index contributed by atoms with van der Waals surface area (Å²) in [5, 5.41) is 21.1. The zero-order valence-corrected chi connectivity index (χ0v) is 23.6. The standard InChI is InChI=1S/C28H25F3N8O7/c29-28(30,31)14-39(27(44)45)21-11-16(6-8-33-21)26-37-20(13-46-26)25(43)36-19-12-35-38-22(19)15-4-5-17(18(10-15)23(32)41)24(42)34-7-2-1-3-9-40/h4-6,8-13H,1-3,7,14H2,(H2,32,41)(H,34,42)(H,35,38)(H,36,43)(H,44,45). The first-order valence-electron chi connectivity index (χ1n) is 13.4. The minimum Gasteiger partial charge on any atom is -0.465 e. The molecule has 0 radical (unpaired) electrons. The highest BCUT2D eigenvalue weighted by Crippen LogP contribution is 2.29. The van der Waals surface area contributed by atoms with Gasteiger partial charge in [-0.05, 0) is 37.1 Å². The van der Waals surface area contributed by atoms with Crippen molar-refractivity contribution >= 4 is 41.6 Å². The number of alkyl halides is 3. The molecule has 0 spiro atoms. The second-order valence-corrected chi connectivity index (χ2v) is 9.58. The number of hydrogen-bond acceptors (Lipinski definition) is 9. The summed E-state index contributed by atoms with van der Waals surface area (Å²) in [6, 6.07) is 6.55. The number of hydrogen-bond donors (Lipinski definition) is 5. The molecule has 240 valence electrons. The summed E-state index contributed by atoms with van der Waals surface area (Å²) in [4.78, 5) is 67.4. The number of anilines is 2. The molecular weight excluding hydrogens is 617 g/mol. The molecule has 18 heteroatoms. The van der Waals surface area contributed by atoms with Gasteiger partial charge in [0, 0.05) is 30.3 Å². The summed E-state index contributed by atoms with van der Waals surface area (Å²) in [5.74, 6) is -2.94. The van der Waals surface area contributed by atoms with Crippen LogP contribution in [0.15, 0.2) is 53.4 Å². The minimum absolute atomic E-state index is 0.00116. The van der Waals surface area contributed by atoms with E-state index in [2.05, 4.69) is 30.8 Å². The van der Waals surface area contributed by atoms with Gasteiger partial charge in [0.25, 0.3) is 11.8 Å². The van der Waals surface area contributed by atoms with Crippen molar-refractivity contribution in [3.8, 4) is 22.7 Å². The summed E-state index contributed by atoms with van der Waals surface area (Å²) >= 11 is 0. The highest BCUT2D eigenvalue weighted by molar-refractivity contribution is 6.08. The van der Waals surface area contributed by atoms with E-state index in [-0.39, 0.29) is 51.1 Å². The number of aromatic nitrogens is 4. The highest BCUT2D eigenvalue weighted by atomic mass is 19.4. The first-order chi connectivity index (χ1) is 21.9. The number of oxazole rings is 1. The van der Waals surface area contributed by atoms with Crippen LogP contribution in [0.3, 0.4) is 0 Å². The number of H-pyrrole nitrogens is 1. The Hall–Kier alpha value is -6.07. The molecule has 0 atom stereocenters. The third-order valence-electron chi connectivity index (χ3n) is 6.31. The maximum atomic E-state index is 13.0. The van der Waals surface area contributed by atoms with Crippen molar-refractivity contribution in [2.24, 2.45) is 5.73 Å². The monoisotopic (exact) mass is 642 g/mol.